The molecule has 3 nitrogen and oxygen atoms in total. The van der Waals surface area contributed by atoms with Crippen LogP contribution in [0, 0.1) is 6.92 Å². The smallest absolute Gasteiger partial charge is 0.341 e. The molecule has 2 heterocycles. The van der Waals surface area contributed by atoms with Crippen molar-refractivity contribution in [3.8, 4) is 0 Å². The molecule has 0 N–H and O–H groups in total. The summed E-state index contributed by atoms with van der Waals surface area (Å²) in [7, 11) is 1.99. The molecule has 0 fully saturated rings. The lowest BCUT2D eigenvalue weighted by Crippen LogP contribution is -3.00. The summed E-state index contributed by atoms with van der Waals surface area (Å²) in [4.78, 5) is 0. The molecule has 3 aromatic rings. The molecule has 0 atom stereocenters. The largest absolute Gasteiger partial charge is 1.00 e. The zero-order chi connectivity index (χ0) is 12.0. The van der Waals surface area contributed by atoms with Gasteiger partial charge in [0.2, 0.25) is 0 Å². The molecule has 18 heavy (non-hydrogen) atoms. The number of aryl methyl sites for hydroxylation is 2. The quantitative estimate of drug-likeness (QED) is 0.322. The highest BCUT2D eigenvalue weighted by molar-refractivity contribution is 7.98. The van der Waals surface area contributed by atoms with E-state index in [-0.39, 0.29) is 24.0 Å². The Morgan fingerprint density at radius 2 is 2.00 bits per heavy atom. The highest BCUT2D eigenvalue weighted by Crippen LogP contribution is 2.19. The fraction of sp³-hybridized carbons (Fsp3) is 0.231. The predicted octanol–water partition coefficient (Wildman–Crippen LogP) is -0.654. The first-order chi connectivity index (χ1) is 8.22. The van der Waals surface area contributed by atoms with E-state index in [0.717, 1.165) is 10.8 Å². The molecule has 0 aliphatic heterocycles. The van der Waals surface area contributed by atoms with Gasteiger partial charge in [-0.15, -0.1) is 4.68 Å². The fourth-order valence-corrected chi connectivity index (χ4v) is 2.84. The Hall–Kier alpha value is -0.820. The maximum Gasteiger partial charge on any atom is 0.341 e. The summed E-state index contributed by atoms with van der Waals surface area (Å²) in [6, 6.07) is 10.7. The molecule has 2 aromatic heterocycles. The van der Waals surface area contributed by atoms with Gasteiger partial charge < -0.3 is 24.0 Å². The van der Waals surface area contributed by atoms with Gasteiger partial charge in [-0.25, -0.2) is 0 Å². The van der Waals surface area contributed by atoms with E-state index in [1.807, 2.05) is 11.7 Å². The van der Waals surface area contributed by atoms with Crippen molar-refractivity contribution in [2.45, 2.75) is 12.1 Å². The van der Waals surface area contributed by atoms with Gasteiger partial charge in [0, 0.05) is 11.5 Å². The number of benzene rings is 1. The predicted molar refractivity (Wildman–Crippen MR) is 70.4 cm³/mol. The number of rotatable bonds is 1. The van der Waals surface area contributed by atoms with Crippen molar-refractivity contribution in [1.29, 1.82) is 0 Å². The van der Waals surface area contributed by atoms with Gasteiger partial charge >= 0.3 is 5.16 Å². The molecule has 0 aliphatic rings. The van der Waals surface area contributed by atoms with E-state index in [1.165, 1.54) is 16.5 Å². The summed E-state index contributed by atoms with van der Waals surface area (Å²) in [5.41, 5.74) is 3.64. The van der Waals surface area contributed by atoms with E-state index in [2.05, 4.69) is 53.0 Å². The highest BCUT2D eigenvalue weighted by atomic mass is 127. The summed E-state index contributed by atoms with van der Waals surface area (Å²) >= 11 is 1.67. The monoisotopic (exact) mass is 371 g/mol. The van der Waals surface area contributed by atoms with Crippen LogP contribution >= 0.6 is 11.8 Å². The van der Waals surface area contributed by atoms with Crippen LogP contribution in [-0.4, -0.2) is 16.0 Å². The summed E-state index contributed by atoms with van der Waals surface area (Å²) in [6.07, 6.45) is 2.06. The minimum absolute atomic E-state index is 0. The van der Waals surface area contributed by atoms with Gasteiger partial charge in [0.25, 0.3) is 5.65 Å². The number of fused-ring (bicyclic) bond motifs is 3. The number of aromatic nitrogens is 3. The lowest BCUT2D eigenvalue weighted by Gasteiger charge is -2.01. The summed E-state index contributed by atoms with van der Waals surface area (Å²) in [6.45, 7) is 2.15. The van der Waals surface area contributed by atoms with Crippen LogP contribution < -0.4 is 28.4 Å². The molecule has 5 heteroatoms. The van der Waals surface area contributed by atoms with Crippen LogP contribution in [0.5, 0.6) is 0 Å². The number of pyridine rings is 1. The second kappa shape index (κ2) is 5.05. The number of nitrogens with zero attached hydrogens (tertiary/aromatic N) is 3. The van der Waals surface area contributed by atoms with E-state index in [1.54, 1.807) is 11.8 Å². The van der Waals surface area contributed by atoms with Crippen LogP contribution in [0.1, 0.15) is 5.56 Å². The second-order valence-electron chi connectivity index (χ2n) is 4.15. The molecule has 0 bridgehead atoms. The molecule has 3 rings (SSSR count). The molecular weight excluding hydrogens is 357 g/mol. The number of thioether (sulfide) groups is 1. The second-order valence-corrected chi connectivity index (χ2v) is 4.92. The molecule has 0 unspecified atom stereocenters. The lowest BCUT2D eigenvalue weighted by molar-refractivity contribution is -0.527. The van der Waals surface area contributed by atoms with Gasteiger partial charge in [-0.2, -0.15) is 4.40 Å². The SMILES string of the molecule is CSc1nn(C)c2cc(C)c3ccccc3[n+]12.[I-]. The molecule has 94 valence electrons. The molecule has 0 aliphatic carbocycles. The van der Waals surface area contributed by atoms with Crippen molar-refractivity contribution in [2.24, 2.45) is 7.05 Å². The third-order valence-electron chi connectivity index (χ3n) is 3.09. The Bertz CT molecular complexity index is 721. The molecule has 0 saturated heterocycles. The third-order valence-corrected chi connectivity index (χ3v) is 3.71. The van der Waals surface area contributed by atoms with Crippen molar-refractivity contribution < 1.29 is 28.4 Å². The minimum Gasteiger partial charge on any atom is -1.00 e. The maximum atomic E-state index is 4.54. The van der Waals surface area contributed by atoms with Crippen molar-refractivity contribution in [3.05, 3.63) is 35.9 Å². The average molecular weight is 371 g/mol. The summed E-state index contributed by atoms with van der Waals surface area (Å²) < 4.78 is 4.15. The normalized spacial score (nSPS) is 10.8. The van der Waals surface area contributed by atoms with E-state index in [4.69, 9.17) is 0 Å². The Balaban J connectivity index is 0.00000120. The maximum absolute atomic E-state index is 4.54. The van der Waals surface area contributed by atoms with Crippen molar-refractivity contribution >= 4 is 28.3 Å². The van der Waals surface area contributed by atoms with Crippen molar-refractivity contribution in [2.75, 3.05) is 6.26 Å². The van der Waals surface area contributed by atoms with Crippen LogP contribution in [-0.2, 0) is 7.05 Å². The zero-order valence-corrected chi connectivity index (χ0v) is 13.5. The minimum atomic E-state index is 0. The fourth-order valence-electron chi connectivity index (χ4n) is 2.26. The lowest BCUT2D eigenvalue weighted by atomic mass is 10.1. The standard InChI is InChI=1S/C13H14N3S.HI/c1-9-8-12-15(2)14-13(17-3)16(12)11-7-5-4-6-10(9)11;/h4-8H,1-3H3;1H/q+1;/p-1. The van der Waals surface area contributed by atoms with Gasteiger partial charge in [0.05, 0.1) is 12.1 Å². The molecule has 0 saturated carbocycles. The molecule has 0 spiro atoms. The average Bonchev–Trinajstić information content (AvgIpc) is 2.67. The number of halogens is 1. The van der Waals surface area contributed by atoms with Crippen LogP contribution in [0.4, 0.5) is 0 Å². The van der Waals surface area contributed by atoms with Gasteiger partial charge in [-0.1, -0.05) is 30.0 Å². The number of hydrogen-bond acceptors (Lipinski definition) is 2. The van der Waals surface area contributed by atoms with Crippen molar-refractivity contribution in [1.82, 2.24) is 9.78 Å². The van der Waals surface area contributed by atoms with E-state index < -0.39 is 0 Å². The van der Waals surface area contributed by atoms with Gasteiger partial charge in [-0.3, -0.25) is 0 Å². The summed E-state index contributed by atoms with van der Waals surface area (Å²) in [5.74, 6) is 0. The highest BCUT2D eigenvalue weighted by Gasteiger charge is 2.19. The Morgan fingerprint density at radius 1 is 1.28 bits per heavy atom. The Labute approximate surface area is 127 Å². The first-order valence-electron chi connectivity index (χ1n) is 5.53. The van der Waals surface area contributed by atoms with E-state index >= 15 is 0 Å². The molecule has 0 amide bonds. The van der Waals surface area contributed by atoms with E-state index in [9.17, 15) is 0 Å². The molecular formula is C13H14IN3S. The zero-order valence-electron chi connectivity index (χ0n) is 10.5. The van der Waals surface area contributed by atoms with Gasteiger partial charge in [0.1, 0.15) is 5.52 Å². The van der Waals surface area contributed by atoms with Crippen LogP contribution in [0.2, 0.25) is 0 Å². The first kappa shape index (κ1) is 13.6. The van der Waals surface area contributed by atoms with Crippen LogP contribution in [0.15, 0.2) is 35.5 Å². The molecule has 0 radical (unpaired) electrons. The van der Waals surface area contributed by atoms with Gasteiger partial charge in [-0.05, 0) is 24.8 Å². The van der Waals surface area contributed by atoms with Crippen molar-refractivity contribution in [3.63, 3.8) is 0 Å². The van der Waals surface area contributed by atoms with E-state index in [0.29, 0.717) is 0 Å². The molecule has 1 aromatic carbocycles. The Kier molecular flexibility index (Phi) is 3.82. The number of para-hydroxylation sites is 1. The van der Waals surface area contributed by atoms with Crippen LogP contribution in [0.3, 0.4) is 0 Å². The third kappa shape index (κ3) is 1.89. The summed E-state index contributed by atoms with van der Waals surface area (Å²) in [5, 5.41) is 6.85. The topological polar surface area (TPSA) is 21.9 Å². The van der Waals surface area contributed by atoms with Crippen LogP contribution in [0.25, 0.3) is 16.6 Å². The first-order valence-corrected chi connectivity index (χ1v) is 6.76. The number of hydrogen-bond donors (Lipinski definition) is 0. The Morgan fingerprint density at radius 3 is 2.72 bits per heavy atom. The van der Waals surface area contributed by atoms with Gasteiger partial charge in [0.15, 0.2) is 0 Å².